The lowest BCUT2D eigenvalue weighted by molar-refractivity contribution is -0.138. The number of imide groups is 2. The number of ether oxygens (including phenoxy) is 4. The summed E-state index contributed by atoms with van der Waals surface area (Å²) in [7, 11) is 0. The molecule has 0 fully saturated rings. The van der Waals surface area contributed by atoms with Gasteiger partial charge in [-0.05, 0) is 74.2 Å². The van der Waals surface area contributed by atoms with E-state index in [0.717, 1.165) is 9.80 Å². The molecule has 0 N–H and O–H groups in total. The summed E-state index contributed by atoms with van der Waals surface area (Å²) >= 11 is 0. The molecule has 0 saturated carbocycles. The number of unbranched alkanes of at least 4 members (excludes halogenated alkanes) is 4. The predicted octanol–water partition coefficient (Wildman–Crippen LogP) is 4.91. The molecule has 3 aromatic carbocycles. The monoisotopic (exact) mass is 736 g/mol. The van der Waals surface area contributed by atoms with Crippen molar-refractivity contribution in [2.75, 3.05) is 13.1 Å². The molecule has 14 nitrogen and oxygen atoms in total. The molecule has 0 spiro atoms. The Labute approximate surface area is 309 Å². The minimum atomic E-state index is -0.790. The summed E-state index contributed by atoms with van der Waals surface area (Å²) < 4.78 is 21.8. The van der Waals surface area contributed by atoms with Crippen molar-refractivity contribution in [2.45, 2.75) is 51.4 Å². The average molecular weight is 737 g/mol. The van der Waals surface area contributed by atoms with Crippen molar-refractivity contribution in [2.24, 2.45) is 0 Å². The second-order valence-electron chi connectivity index (χ2n) is 12.1. The van der Waals surface area contributed by atoms with Crippen LogP contribution in [-0.4, -0.2) is 70.4 Å². The number of esters is 4. The lowest BCUT2D eigenvalue weighted by Gasteiger charge is -2.13. The molecule has 0 aromatic heterocycles. The Bertz CT molecular complexity index is 1820. The van der Waals surface area contributed by atoms with Gasteiger partial charge in [-0.1, -0.05) is 37.1 Å². The maximum absolute atomic E-state index is 13.0. The Hall–Kier alpha value is -6.70. The van der Waals surface area contributed by atoms with Crippen molar-refractivity contribution in [3.8, 4) is 23.0 Å². The van der Waals surface area contributed by atoms with Crippen LogP contribution in [-0.2, 0) is 28.8 Å². The SMILES string of the molecule is O=C(CCCCCN1C(=O)C=CC1=O)Oc1ccccc1C(=O)Oc1ccc(OC(=O)c2ccccc2OC(=O)CCCCCN2C(=O)C=CC2=O)cc1. The van der Waals surface area contributed by atoms with E-state index >= 15 is 0 Å². The van der Waals surface area contributed by atoms with Crippen molar-refractivity contribution in [3.05, 3.63) is 108 Å². The maximum Gasteiger partial charge on any atom is 0.347 e. The van der Waals surface area contributed by atoms with E-state index in [0.29, 0.717) is 38.5 Å². The van der Waals surface area contributed by atoms with Gasteiger partial charge in [0.05, 0.1) is 0 Å². The van der Waals surface area contributed by atoms with Crippen molar-refractivity contribution < 1.29 is 57.3 Å². The molecule has 3 aromatic rings. The standard InChI is InChI=1S/C40H36N2O12/c43-33-21-22-34(44)41(33)25-9-1-3-15-37(47)53-31-13-7-5-11-29(31)39(49)51-27-17-19-28(20-18-27)52-40(50)30-12-6-8-14-32(30)54-38(48)16-4-2-10-26-42-35(45)23-24-36(42)46/h5-8,11-14,17-24H,1-4,9-10,15-16,25-26H2. The molecule has 0 aliphatic carbocycles. The van der Waals surface area contributed by atoms with Gasteiger partial charge >= 0.3 is 23.9 Å². The van der Waals surface area contributed by atoms with Crippen LogP contribution < -0.4 is 18.9 Å². The largest absolute Gasteiger partial charge is 0.426 e. The number of carbonyl (C=O) groups excluding carboxylic acids is 8. The Morgan fingerprint density at radius 3 is 1.15 bits per heavy atom. The number of carbonyl (C=O) groups is 8. The van der Waals surface area contributed by atoms with Gasteiger partial charge in [0.2, 0.25) is 0 Å². The zero-order valence-electron chi connectivity index (χ0n) is 29.1. The van der Waals surface area contributed by atoms with Crippen LogP contribution in [0.25, 0.3) is 0 Å². The van der Waals surface area contributed by atoms with Crippen molar-refractivity contribution in [1.29, 1.82) is 0 Å². The third kappa shape index (κ3) is 10.7. The number of nitrogens with zero attached hydrogens (tertiary/aromatic N) is 2. The van der Waals surface area contributed by atoms with Gasteiger partial charge in [-0.15, -0.1) is 0 Å². The minimum absolute atomic E-state index is 0.0127. The zero-order valence-corrected chi connectivity index (χ0v) is 29.1. The van der Waals surface area contributed by atoms with Crippen LogP contribution in [0.2, 0.25) is 0 Å². The molecule has 2 heterocycles. The number of rotatable bonds is 18. The number of benzene rings is 3. The van der Waals surface area contributed by atoms with Crippen molar-refractivity contribution >= 4 is 47.5 Å². The topological polar surface area (TPSA) is 180 Å². The van der Waals surface area contributed by atoms with Crippen LogP contribution in [0, 0.1) is 0 Å². The van der Waals surface area contributed by atoms with E-state index in [1.165, 1.54) is 72.8 Å². The third-order valence-corrected chi connectivity index (χ3v) is 8.23. The highest BCUT2D eigenvalue weighted by Gasteiger charge is 2.24. The Morgan fingerprint density at radius 2 is 0.778 bits per heavy atom. The first-order chi connectivity index (χ1) is 26.1. The molecule has 0 bridgehead atoms. The fourth-order valence-electron chi connectivity index (χ4n) is 5.43. The van der Waals surface area contributed by atoms with E-state index in [4.69, 9.17) is 18.9 Å². The van der Waals surface area contributed by atoms with Gasteiger partial charge < -0.3 is 18.9 Å². The fraction of sp³-hybridized carbons (Fsp3) is 0.250. The molecule has 278 valence electrons. The zero-order chi connectivity index (χ0) is 38.5. The van der Waals surface area contributed by atoms with Crippen LogP contribution in [0.15, 0.2) is 97.1 Å². The summed E-state index contributed by atoms with van der Waals surface area (Å²) in [5.74, 6) is -3.84. The summed E-state index contributed by atoms with van der Waals surface area (Å²) in [6.07, 6.45) is 8.15. The first kappa shape index (κ1) is 38.5. The van der Waals surface area contributed by atoms with Gasteiger partial charge in [-0.25, -0.2) is 9.59 Å². The molecule has 2 aliphatic rings. The van der Waals surface area contributed by atoms with Gasteiger partial charge in [0.15, 0.2) is 0 Å². The molecule has 0 saturated heterocycles. The highest BCUT2D eigenvalue weighted by atomic mass is 16.6. The lowest BCUT2D eigenvalue weighted by atomic mass is 10.2. The van der Waals surface area contributed by atoms with E-state index in [-0.39, 0.29) is 83.7 Å². The lowest BCUT2D eigenvalue weighted by Crippen LogP contribution is -2.30. The summed E-state index contributed by atoms with van der Waals surface area (Å²) in [6, 6.07) is 17.8. The molecule has 0 radical (unpaired) electrons. The van der Waals surface area contributed by atoms with Gasteiger partial charge in [-0.3, -0.25) is 38.6 Å². The van der Waals surface area contributed by atoms with Crippen molar-refractivity contribution in [3.63, 3.8) is 0 Å². The Balaban J connectivity index is 1.05. The van der Waals surface area contributed by atoms with Crippen molar-refractivity contribution in [1.82, 2.24) is 9.80 Å². The Kier molecular flexibility index (Phi) is 13.3. The highest BCUT2D eigenvalue weighted by molar-refractivity contribution is 6.13. The highest BCUT2D eigenvalue weighted by Crippen LogP contribution is 2.26. The first-order valence-corrected chi connectivity index (χ1v) is 17.3. The second kappa shape index (κ2) is 18.7. The summed E-state index contributed by atoms with van der Waals surface area (Å²) in [6.45, 7) is 0.531. The third-order valence-electron chi connectivity index (χ3n) is 8.23. The summed E-state index contributed by atoms with van der Waals surface area (Å²) in [5.41, 5.74) is 0.0253. The Morgan fingerprint density at radius 1 is 0.426 bits per heavy atom. The molecule has 0 atom stereocenters. The number of para-hydroxylation sites is 2. The van der Waals surface area contributed by atoms with E-state index in [1.807, 2.05) is 0 Å². The number of hydrogen-bond acceptors (Lipinski definition) is 12. The van der Waals surface area contributed by atoms with E-state index < -0.39 is 23.9 Å². The quantitative estimate of drug-likeness (QED) is 0.0747. The van der Waals surface area contributed by atoms with Gasteiger partial charge in [-0.2, -0.15) is 0 Å². The molecule has 54 heavy (non-hydrogen) atoms. The molecule has 5 rings (SSSR count). The van der Waals surface area contributed by atoms with Crippen LogP contribution in [0.3, 0.4) is 0 Å². The second-order valence-corrected chi connectivity index (χ2v) is 12.1. The minimum Gasteiger partial charge on any atom is -0.426 e. The fourth-order valence-corrected chi connectivity index (χ4v) is 5.43. The van der Waals surface area contributed by atoms with E-state index in [9.17, 15) is 38.4 Å². The average Bonchev–Trinajstić information content (AvgIpc) is 3.66. The maximum atomic E-state index is 13.0. The summed E-state index contributed by atoms with van der Waals surface area (Å²) in [4.78, 5) is 99.8. The van der Waals surface area contributed by atoms with Crippen LogP contribution in [0.1, 0.15) is 72.1 Å². The molecule has 2 aliphatic heterocycles. The summed E-state index contributed by atoms with van der Waals surface area (Å²) in [5, 5.41) is 0. The van der Waals surface area contributed by atoms with Crippen LogP contribution in [0.5, 0.6) is 23.0 Å². The molecule has 4 amide bonds. The van der Waals surface area contributed by atoms with Crippen LogP contribution >= 0.6 is 0 Å². The first-order valence-electron chi connectivity index (χ1n) is 17.3. The number of hydrogen-bond donors (Lipinski definition) is 0. The molecule has 14 heteroatoms. The van der Waals surface area contributed by atoms with Gasteiger partial charge in [0.1, 0.15) is 34.1 Å². The molecular formula is C40H36N2O12. The molecular weight excluding hydrogens is 700 g/mol. The number of amides is 4. The van der Waals surface area contributed by atoms with Gasteiger partial charge in [0, 0.05) is 50.2 Å². The van der Waals surface area contributed by atoms with Crippen LogP contribution in [0.4, 0.5) is 0 Å². The predicted molar refractivity (Wildman–Crippen MR) is 189 cm³/mol. The van der Waals surface area contributed by atoms with E-state index in [1.54, 1.807) is 24.3 Å². The molecule has 0 unspecified atom stereocenters. The normalized spacial score (nSPS) is 13.4. The smallest absolute Gasteiger partial charge is 0.347 e. The van der Waals surface area contributed by atoms with Gasteiger partial charge in [0.25, 0.3) is 23.6 Å². The van der Waals surface area contributed by atoms with E-state index in [2.05, 4.69) is 0 Å².